The Morgan fingerprint density at radius 1 is 0.625 bits per heavy atom. The smallest absolute Gasteiger partial charge is 0.213 e. The number of benzene rings is 6. The second-order valence-electron chi connectivity index (χ2n) is 18.3. The van der Waals surface area contributed by atoms with Gasteiger partial charge in [0.15, 0.2) is 0 Å². The van der Waals surface area contributed by atoms with Gasteiger partial charge in [-0.3, -0.25) is 14.0 Å². The summed E-state index contributed by atoms with van der Waals surface area (Å²) in [6.07, 6.45) is 6.62. The maximum absolute atomic E-state index is 11.6. The summed E-state index contributed by atoms with van der Waals surface area (Å²) >= 11 is 0. The molecule has 0 bridgehead atoms. The van der Waals surface area contributed by atoms with Crippen LogP contribution in [-0.2, 0) is 0 Å². The molecule has 12 aromatic rings. The molecule has 7 heteroatoms. The molecule has 7 nitrogen and oxygen atoms in total. The van der Waals surface area contributed by atoms with Crippen LogP contribution in [0.1, 0.15) is 51.0 Å². The highest BCUT2D eigenvalue weighted by Crippen LogP contribution is 2.48. The number of hydrogen-bond donors (Lipinski definition) is 1. The lowest BCUT2D eigenvalue weighted by molar-refractivity contribution is 0.224. The second-order valence-corrected chi connectivity index (χ2v) is 18.3. The van der Waals surface area contributed by atoms with E-state index in [-0.39, 0.29) is 5.75 Å². The molecule has 1 aliphatic carbocycles. The van der Waals surface area contributed by atoms with E-state index in [2.05, 4.69) is 126 Å². The van der Waals surface area contributed by atoms with Crippen molar-refractivity contribution in [3.8, 4) is 56.6 Å². The molecular weight excluding hydrogens is 787 g/mol. The van der Waals surface area contributed by atoms with Crippen LogP contribution in [0.3, 0.4) is 0 Å². The maximum atomic E-state index is 11.6. The summed E-state index contributed by atoms with van der Waals surface area (Å²) in [5.41, 5.74) is 14.3. The van der Waals surface area contributed by atoms with Gasteiger partial charge in [0.2, 0.25) is 5.71 Å². The van der Waals surface area contributed by atoms with E-state index in [0.717, 1.165) is 99.8 Å². The predicted molar refractivity (Wildman–Crippen MR) is 259 cm³/mol. The molecule has 64 heavy (non-hydrogen) atoms. The summed E-state index contributed by atoms with van der Waals surface area (Å²) in [5, 5.41) is 17.0. The molecule has 1 aliphatic rings. The fourth-order valence-corrected chi connectivity index (χ4v) is 10.7. The van der Waals surface area contributed by atoms with Gasteiger partial charge in [-0.1, -0.05) is 117 Å². The lowest BCUT2D eigenvalue weighted by Crippen LogP contribution is -2.20. The minimum atomic E-state index is 0.167. The number of fused-ring (bicyclic) bond motifs is 9. The van der Waals surface area contributed by atoms with Gasteiger partial charge >= 0.3 is 0 Å². The van der Waals surface area contributed by atoms with E-state index in [1.165, 1.54) is 31.2 Å². The third-order valence-electron chi connectivity index (χ3n) is 14.0. The minimum absolute atomic E-state index is 0.167. The van der Waals surface area contributed by atoms with Crippen LogP contribution in [0.15, 0.2) is 168 Å². The van der Waals surface area contributed by atoms with Gasteiger partial charge < -0.3 is 9.52 Å². The number of furan rings is 1. The molecule has 1 N–H and O–H groups in total. The van der Waals surface area contributed by atoms with Gasteiger partial charge in [0.25, 0.3) is 0 Å². The lowest BCUT2D eigenvalue weighted by Gasteiger charge is -2.34. The molecule has 6 aromatic carbocycles. The van der Waals surface area contributed by atoms with Gasteiger partial charge in [-0.15, -0.1) is 0 Å². The Bertz CT molecular complexity index is 3770. The van der Waals surface area contributed by atoms with Crippen LogP contribution in [0.2, 0.25) is 0 Å². The average Bonchev–Trinajstić information content (AvgIpc) is 4.09. The molecule has 13 rings (SSSR count). The van der Waals surface area contributed by atoms with Crippen LogP contribution in [-0.4, -0.2) is 29.0 Å². The first-order valence-corrected chi connectivity index (χ1v) is 22.3. The van der Waals surface area contributed by atoms with Gasteiger partial charge in [-0.2, -0.15) is 0 Å². The van der Waals surface area contributed by atoms with Crippen LogP contribution in [0.4, 0.5) is 0 Å². The highest BCUT2D eigenvalue weighted by molar-refractivity contribution is 6.29. The molecule has 1 fully saturated rings. The summed E-state index contributed by atoms with van der Waals surface area (Å²) < 4.78 is 11.2. The quantitative estimate of drug-likeness (QED) is 0.180. The number of nitrogens with zero attached hydrogens (tertiary/aromatic N) is 5. The van der Waals surface area contributed by atoms with Crippen molar-refractivity contribution in [2.75, 3.05) is 0 Å². The van der Waals surface area contributed by atoms with Gasteiger partial charge in [0, 0.05) is 38.9 Å². The van der Waals surface area contributed by atoms with Crippen molar-refractivity contribution in [3.05, 3.63) is 169 Å². The summed E-state index contributed by atoms with van der Waals surface area (Å²) in [6, 6.07) is 54.5. The monoisotopic (exact) mass is 829 g/mol. The van der Waals surface area contributed by atoms with Gasteiger partial charge in [0.05, 0.1) is 55.8 Å². The van der Waals surface area contributed by atoms with E-state index in [4.69, 9.17) is 19.4 Å². The van der Waals surface area contributed by atoms with Gasteiger partial charge in [-0.05, 0) is 103 Å². The SMILES string of the molecule is CC1(C)CCC(c2ccc(-n3c(-c4ccccc4O)nc4c(-c5cc6c(c(-c7ccccn7)n5)c5cccc7c8c9ccccc9oc8n6c57)cccc43)c(-c3ccccc3)c2)CC1. The standard InChI is InChI=1S/C57H43N5O2/c1-57(2)29-27-34(28-30-57)36-25-26-45(42(32-36)35-14-4-3-5-15-35)61-46-22-13-18-37(52(46)60-55(61)38-16-6-8-23-48(38)63)44-33-47-51(53(59-44)43-21-10-11-31-58-43)41-20-12-19-40-50-39-17-7-9-24-49(39)64-56(50)62(47)54(40)41/h3-26,31-34,63H,27-30H2,1-2H3. The summed E-state index contributed by atoms with van der Waals surface area (Å²) in [6.45, 7) is 4.80. The summed E-state index contributed by atoms with van der Waals surface area (Å²) in [4.78, 5) is 16.0. The maximum Gasteiger partial charge on any atom is 0.213 e. The fourth-order valence-electron chi connectivity index (χ4n) is 10.7. The fraction of sp³-hybridized carbons (Fsp3) is 0.140. The molecule has 6 aromatic heterocycles. The Kier molecular flexibility index (Phi) is 7.98. The summed E-state index contributed by atoms with van der Waals surface area (Å²) in [7, 11) is 0. The van der Waals surface area contributed by atoms with Crippen molar-refractivity contribution in [1.29, 1.82) is 0 Å². The predicted octanol–water partition coefficient (Wildman–Crippen LogP) is 14.8. The Morgan fingerprint density at radius 2 is 1.36 bits per heavy atom. The first kappa shape index (κ1) is 36.8. The molecule has 0 atom stereocenters. The molecule has 0 amide bonds. The molecular formula is C57H43N5O2. The number of hydrogen-bond acceptors (Lipinski definition) is 5. The van der Waals surface area contributed by atoms with Crippen LogP contribution < -0.4 is 0 Å². The number of phenolic OH excluding ortho intramolecular Hbond substituents is 1. The number of rotatable bonds is 6. The molecule has 6 heterocycles. The van der Waals surface area contributed by atoms with Crippen molar-refractivity contribution in [2.45, 2.75) is 45.4 Å². The van der Waals surface area contributed by atoms with E-state index in [0.29, 0.717) is 22.7 Å². The zero-order chi connectivity index (χ0) is 42.7. The number of pyridine rings is 2. The van der Waals surface area contributed by atoms with Crippen LogP contribution in [0, 0.1) is 5.41 Å². The number of aromatic hydroxyl groups is 1. The molecule has 0 unspecified atom stereocenters. The van der Waals surface area contributed by atoms with E-state index in [1.54, 1.807) is 6.07 Å². The van der Waals surface area contributed by atoms with Crippen molar-refractivity contribution < 1.29 is 9.52 Å². The first-order chi connectivity index (χ1) is 31.4. The van der Waals surface area contributed by atoms with Crippen LogP contribution in [0.25, 0.3) is 111 Å². The van der Waals surface area contributed by atoms with E-state index < -0.39 is 0 Å². The van der Waals surface area contributed by atoms with Crippen LogP contribution >= 0.6 is 0 Å². The van der Waals surface area contributed by atoms with Crippen molar-refractivity contribution in [2.24, 2.45) is 5.41 Å². The molecule has 0 spiro atoms. The number of para-hydroxylation sites is 4. The van der Waals surface area contributed by atoms with Crippen LogP contribution in [0.5, 0.6) is 5.75 Å². The molecule has 0 radical (unpaired) electrons. The zero-order valence-electron chi connectivity index (χ0n) is 35.6. The normalized spacial score (nSPS) is 14.6. The van der Waals surface area contributed by atoms with E-state index in [9.17, 15) is 5.11 Å². The molecule has 308 valence electrons. The Balaban J connectivity index is 1.10. The highest BCUT2D eigenvalue weighted by atomic mass is 16.3. The topological polar surface area (TPSA) is 81.4 Å². The first-order valence-electron chi connectivity index (χ1n) is 22.3. The van der Waals surface area contributed by atoms with E-state index in [1.807, 2.05) is 54.7 Å². The van der Waals surface area contributed by atoms with Crippen molar-refractivity contribution in [1.82, 2.24) is 23.9 Å². The number of imidazole rings is 1. The summed E-state index contributed by atoms with van der Waals surface area (Å²) in [5.74, 6) is 1.32. The van der Waals surface area contributed by atoms with Gasteiger partial charge in [0.1, 0.15) is 17.2 Å². The largest absolute Gasteiger partial charge is 0.507 e. The third kappa shape index (κ3) is 5.49. The lowest BCUT2D eigenvalue weighted by atomic mass is 9.71. The molecule has 1 saturated carbocycles. The average molecular weight is 830 g/mol. The minimum Gasteiger partial charge on any atom is -0.507 e. The van der Waals surface area contributed by atoms with Crippen molar-refractivity contribution >= 4 is 60.3 Å². The van der Waals surface area contributed by atoms with Gasteiger partial charge in [-0.25, -0.2) is 9.97 Å². The Labute approximate surface area is 369 Å². The number of aromatic nitrogens is 5. The Morgan fingerprint density at radius 3 is 2.19 bits per heavy atom. The second kappa shape index (κ2) is 13.9. The van der Waals surface area contributed by atoms with Crippen molar-refractivity contribution in [3.63, 3.8) is 0 Å². The third-order valence-corrected chi connectivity index (χ3v) is 14.0. The number of phenols is 1. The molecule has 0 aliphatic heterocycles. The molecule has 0 saturated heterocycles. The van der Waals surface area contributed by atoms with E-state index >= 15 is 0 Å². The highest BCUT2D eigenvalue weighted by Gasteiger charge is 2.30. The Hall–Kier alpha value is -7.77. The zero-order valence-corrected chi connectivity index (χ0v) is 35.6.